The van der Waals surface area contributed by atoms with Crippen molar-refractivity contribution >= 4 is 44.3 Å². The first-order valence-corrected chi connectivity index (χ1v) is 21.1. The largest absolute Gasteiger partial charge is 0.416 e. The lowest BCUT2D eigenvalue weighted by Gasteiger charge is -2.36. The average molecular weight is 845 g/mol. The van der Waals surface area contributed by atoms with Gasteiger partial charge in [0.1, 0.15) is 11.6 Å². The molecule has 0 bridgehead atoms. The van der Waals surface area contributed by atoms with Crippen molar-refractivity contribution in [3.05, 3.63) is 155 Å². The summed E-state index contributed by atoms with van der Waals surface area (Å²) in [6.07, 6.45) is -4.53. The van der Waals surface area contributed by atoms with E-state index in [1.54, 1.807) is 36.4 Å². The van der Waals surface area contributed by atoms with E-state index in [0.29, 0.717) is 35.3 Å². The lowest BCUT2D eigenvalue weighted by molar-refractivity contribution is -0.138. The maximum absolute atomic E-state index is 14.4. The third kappa shape index (κ3) is 5.66. The number of fused-ring (bicyclic) bond motifs is 8. The SMILES string of the molecule is CC12CCCC1N(c1c3ccc(-c4ccc(F)cc4)cc3c(N3c4ccc(C(F)(F)F)cc4C4(C)CCCC34)c3ccc(-c4ccc(F)cc4)cc13)c1ccc(C(F)(F)F)cc12. The Morgan fingerprint density at radius 3 is 1.19 bits per heavy atom. The highest BCUT2D eigenvalue weighted by molar-refractivity contribution is 6.23. The van der Waals surface area contributed by atoms with Crippen molar-refractivity contribution in [2.24, 2.45) is 0 Å². The fourth-order valence-electron chi connectivity index (χ4n) is 11.7. The number of benzene rings is 7. The Balaban J connectivity index is 1.27. The number of halogens is 8. The van der Waals surface area contributed by atoms with Crippen LogP contribution in [0.1, 0.15) is 74.6 Å². The second-order valence-electron chi connectivity index (χ2n) is 18.1. The van der Waals surface area contributed by atoms with Crippen LogP contribution in [0.15, 0.2) is 121 Å². The first-order chi connectivity index (χ1) is 29.5. The van der Waals surface area contributed by atoms with Gasteiger partial charge < -0.3 is 9.80 Å². The molecule has 0 radical (unpaired) electrons. The van der Waals surface area contributed by atoms with Crippen molar-refractivity contribution in [1.29, 1.82) is 0 Å². The van der Waals surface area contributed by atoms with Gasteiger partial charge in [-0.25, -0.2) is 8.78 Å². The van der Waals surface area contributed by atoms with E-state index in [1.165, 1.54) is 36.4 Å². The second kappa shape index (κ2) is 13.3. The summed E-state index contributed by atoms with van der Waals surface area (Å²) in [5.74, 6) is -0.761. The van der Waals surface area contributed by atoms with Crippen LogP contribution in [0, 0.1) is 11.6 Å². The molecule has 0 aromatic heterocycles. The summed E-state index contributed by atoms with van der Waals surface area (Å²) in [5, 5.41) is 3.25. The van der Waals surface area contributed by atoms with Gasteiger partial charge in [0.25, 0.3) is 0 Å². The molecule has 7 aromatic rings. The van der Waals surface area contributed by atoms with E-state index in [0.717, 1.165) is 93.0 Å². The summed E-state index contributed by atoms with van der Waals surface area (Å²) in [5.41, 5.74) is 4.88. The van der Waals surface area contributed by atoms with Crippen LogP contribution in [0.2, 0.25) is 0 Å². The maximum Gasteiger partial charge on any atom is 0.416 e. The normalized spacial score (nSPS) is 23.0. The number of rotatable bonds is 4. The molecule has 2 saturated carbocycles. The molecule has 2 aliphatic carbocycles. The molecule has 4 aliphatic rings. The molecule has 4 atom stereocenters. The predicted molar refractivity (Wildman–Crippen MR) is 229 cm³/mol. The third-order valence-electron chi connectivity index (χ3n) is 14.7. The molecule has 7 aromatic carbocycles. The summed E-state index contributed by atoms with van der Waals surface area (Å²) < 4.78 is 115. The van der Waals surface area contributed by atoms with E-state index in [4.69, 9.17) is 0 Å². The minimum Gasteiger partial charge on any atom is -0.336 e. The molecule has 2 fully saturated rings. The quantitative estimate of drug-likeness (QED) is 0.129. The zero-order valence-electron chi connectivity index (χ0n) is 33.9. The number of alkyl halides is 6. The molecule has 0 spiro atoms. The zero-order chi connectivity index (χ0) is 43.1. The van der Waals surface area contributed by atoms with Crippen molar-refractivity contribution in [3.8, 4) is 22.3 Å². The number of nitrogens with zero attached hydrogens (tertiary/aromatic N) is 2. The van der Waals surface area contributed by atoms with Gasteiger partial charge in [-0.1, -0.05) is 75.2 Å². The van der Waals surface area contributed by atoms with Crippen molar-refractivity contribution in [2.45, 2.75) is 87.6 Å². The molecule has 11 rings (SSSR count). The molecule has 0 amide bonds. The number of hydrogen-bond acceptors (Lipinski definition) is 2. The first-order valence-electron chi connectivity index (χ1n) is 21.1. The van der Waals surface area contributed by atoms with Crippen LogP contribution in [-0.2, 0) is 23.2 Å². The first kappa shape index (κ1) is 39.0. The summed E-state index contributed by atoms with van der Waals surface area (Å²) in [4.78, 5) is 4.49. The highest BCUT2D eigenvalue weighted by atomic mass is 19.4. The topological polar surface area (TPSA) is 6.48 Å². The Morgan fingerprint density at radius 1 is 0.452 bits per heavy atom. The monoisotopic (exact) mass is 844 g/mol. The Kier molecular flexibility index (Phi) is 8.36. The molecule has 10 heteroatoms. The Bertz CT molecular complexity index is 2770. The predicted octanol–water partition coefficient (Wildman–Crippen LogP) is 15.6. The molecular weight excluding hydrogens is 805 g/mol. The summed E-state index contributed by atoms with van der Waals surface area (Å²) in [7, 11) is 0. The van der Waals surface area contributed by atoms with Crippen molar-refractivity contribution < 1.29 is 35.1 Å². The summed E-state index contributed by atoms with van der Waals surface area (Å²) in [6.45, 7) is 4.13. The fraction of sp³-hybridized carbons (Fsp3) is 0.269. The van der Waals surface area contributed by atoms with Crippen LogP contribution in [0.3, 0.4) is 0 Å². The molecule has 2 nitrogen and oxygen atoms in total. The molecular formula is C52H40F8N2. The molecule has 0 saturated heterocycles. The van der Waals surface area contributed by atoms with Gasteiger partial charge in [0.2, 0.25) is 0 Å². The van der Waals surface area contributed by atoms with Gasteiger partial charge >= 0.3 is 12.4 Å². The summed E-state index contributed by atoms with van der Waals surface area (Å²) >= 11 is 0. The Hall–Kier alpha value is -5.90. The van der Waals surface area contributed by atoms with Crippen LogP contribution >= 0.6 is 0 Å². The second-order valence-corrected chi connectivity index (χ2v) is 18.1. The van der Waals surface area contributed by atoms with Gasteiger partial charge in [-0.3, -0.25) is 0 Å². The van der Waals surface area contributed by atoms with E-state index >= 15 is 0 Å². The lowest BCUT2D eigenvalue weighted by Crippen LogP contribution is -2.37. The molecule has 0 N–H and O–H groups in total. The minimum absolute atomic E-state index is 0.184. The third-order valence-corrected chi connectivity index (χ3v) is 14.7. The fourth-order valence-corrected chi connectivity index (χ4v) is 11.7. The van der Waals surface area contributed by atoms with Crippen LogP contribution in [0.5, 0.6) is 0 Å². The van der Waals surface area contributed by atoms with Gasteiger partial charge in [-0.15, -0.1) is 0 Å². The lowest BCUT2D eigenvalue weighted by atomic mass is 9.79. The van der Waals surface area contributed by atoms with Gasteiger partial charge in [0.05, 0.1) is 22.5 Å². The van der Waals surface area contributed by atoms with E-state index in [2.05, 4.69) is 35.8 Å². The highest BCUT2D eigenvalue weighted by Crippen LogP contribution is 2.63. The van der Waals surface area contributed by atoms with Crippen molar-refractivity contribution in [3.63, 3.8) is 0 Å². The zero-order valence-corrected chi connectivity index (χ0v) is 33.9. The van der Waals surface area contributed by atoms with Gasteiger partial charge in [-0.2, -0.15) is 26.3 Å². The van der Waals surface area contributed by atoms with Gasteiger partial charge in [0, 0.05) is 55.8 Å². The van der Waals surface area contributed by atoms with Crippen molar-refractivity contribution in [1.82, 2.24) is 0 Å². The average Bonchev–Trinajstić information content (AvgIpc) is 3.95. The maximum atomic E-state index is 14.4. The number of anilines is 4. The van der Waals surface area contributed by atoms with Gasteiger partial charge in [0.15, 0.2) is 0 Å². The van der Waals surface area contributed by atoms with Gasteiger partial charge in [-0.05, 0) is 132 Å². The highest BCUT2D eigenvalue weighted by Gasteiger charge is 2.54. The number of hydrogen-bond donors (Lipinski definition) is 0. The van der Waals surface area contributed by atoms with Crippen LogP contribution in [0.4, 0.5) is 57.9 Å². The van der Waals surface area contributed by atoms with E-state index in [9.17, 15) is 35.1 Å². The molecule has 4 unspecified atom stereocenters. The molecule has 314 valence electrons. The molecule has 2 heterocycles. The Morgan fingerprint density at radius 2 is 0.823 bits per heavy atom. The van der Waals surface area contributed by atoms with E-state index in [-0.39, 0.29) is 23.7 Å². The van der Waals surface area contributed by atoms with Crippen LogP contribution in [0.25, 0.3) is 43.8 Å². The molecule has 62 heavy (non-hydrogen) atoms. The van der Waals surface area contributed by atoms with E-state index < -0.39 is 34.3 Å². The summed E-state index contributed by atoms with van der Waals surface area (Å²) in [6, 6.07) is 32.4. The van der Waals surface area contributed by atoms with Crippen LogP contribution in [-0.4, -0.2) is 12.1 Å². The smallest absolute Gasteiger partial charge is 0.336 e. The minimum atomic E-state index is -4.53. The van der Waals surface area contributed by atoms with Crippen molar-refractivity contribution in [2.75, 3.05) is 9.80 Å². The molecule has 2 aliphatic heterocycles. The van der Waals surface area contributed by atoms with Crippen LogP contribution < -0.4 is 9.80 Å². The van der Waals surface area contributed by atoms with E-state index in [1.807, 2.05) is 24.3 Å². The Labute approximate surface area is 353 Å². The standard InChI is InChI=1S/C52H40F8N2/c1-49-23-3-5-45(49)61(43-21-13-33(27-41(43)49)51(55,56)57)47-37-19-11-32(30-9-17-36(54)18-10-30)26-40(37)48(38-20-12-31(25-39(38)47)29-7-15-35(53)16-8-29)62-44-22-14-34(52(58,59)60)28-42(44)50(2)24-4-6-46(50)62/h7-22,25-28,45-46H,3-6,23-24H2,1-2H3.